The molecule has 0 aromatic heterocycles. The SMILES string of the molecule is O=C1C=c2cc3ccc4cc([N+](=O)[O-])ccc4c3cc2=CC1. The van der Waals surface area contributed by atoms with Crippen molar-refractivity contribution in [2.24, 2.45) is 0 Å². The van der Waals surface area contributed by atoms with Crippen molar-refractivity contribution in [3.63, 3.8) is 0 Å². The van der Waals surface area contributed by atoms with Gasteiger partial charge in [-0.05, 0) is 56.3 Å². The maximum absolute atomic E-state index is 11.5. The zero-order valence-electron chi connectivity index (χ0n) is 11.6. The Morgan fingerprint density at radius 2 is 1.68 bits per heavy atom. The predicted molar refractivity (Wildman–Crippen MR) is 85.9 cm³/mol. The van der Waals surface area contributed by atoms with Crippen LogP contribution in [0.2, 0.25) is 0 Å². The van der Waals surface area contributed by atoms with Gasteiger partial charge in [0, 0.05) is 18.6 Å². The van der Waals surface area contributed by atoms with Crippen molar-refractivity contribution in [2.75, 3.05) is 0 Å². The van der Waals surface area contributed by atoms with Gasteiger partial charge in [-0.15, -0.1) is 0 Å². The standard InChI is InChI=1S/C18H11NO3/c20-16-5-3-11-10-18-12(7-14(11)9-16)1-2-13-8-15(19(21)22)4-6-17(13)18/h1-4,6-10H,5H2. The number of nitro benzene ring substituents is 1. The smallest absolute Gasteiger partial charge is 0.270 e. The second kappa shape index (κ2) is 4.49. The van der Waals surface area contributed by atoms with Crippen LogP contribution in [-0.2, 0) is 4.79 Å². The Bertz CT molecular complexity index is 1100. The van der Waals surface area contributed by atoms with Crippen molar-refractivity contribution in [3.05, 3.63) is 63.0 Å². The third-order valence-corrected chi connectivity index (χ3v) is 4.07. The summed E-state index contributed by atoms with van der Waals surface area (Å²) in [5, 5.41) is 16.8. The Hall–Kier alpha value is -3.01. The van der Waals surface area contributed by atoms with Crippen molar-refractivity contribution < 1.29 is 9.72 Å². The highest BCUT2D eigenvalue weighted by Gasteiger charge is 2.09. The van der Waals surface area contributed by atoms with Crippen LogP contribution in [0, 0.1) is 10.1 Å². The molecule has 4 heteroatoms. The average Bonchev–Trinajstić information content (AvgIpc) is 2.52. The summed E-state index contributed by atoms with van der Waals surface area (Å²) in [6, 6.07) is 12.8. The lowest BCUT2D eigenvalue weighted by molar-refractivity contribution is -0.384. The van der Waals surface area contributed by atoms with E-state index in [9.17, 15) is 14.9 Å². The highest BCUT2D eigenvalue weighted by Crippen LogP contribution is 2.27. The Morgan fingerprint density at radius 3 is 2.45 bits per heavy atom. The number of hydrogen-bond donors (Lipinski definition) is 0. The lowest BCUT2D eigenvalue weighted by Gasteiger charge is -2.06. The van der Waals surface area contributed by atoms with Gasteiger partial charge in [-0.1, -0.05) is 18.2 Å². The molecule has 4 rings (SSSR count). The first-order chi connectivity index (χ1) is 10.6. The Balaban J connectivity index is 2.11. The summed E-state index contributed by atoms with van der Waals surface area (Å²) in [6.07, 6.45) is 4.03. The van der Waals surface area contributed by atoms with E-state index in [1.54, 1.807) is 18.2 Å². The van der Waals surface area contributed by atoms with Gasteiger partial charge in [0.2, 0.25) is 0 Å². The molecule has 0 spiro atoms. The fourth-order valence-electron chi connectivity index (χ4n) is 2.99. The number of nitro groups is 1. The van der Waals surface area contributed by atoms with Crippen molar-refractivity contribution in [1.82, 2.24) is 0 Å². The van der Waals surface area contributed by atoms with Crippen LogP contribution >= 0.6 is 0 Å². The van der Waals surface area contributed by atoms with Crippen LogP contribution in [0.5, 0.6) is 0 Å². The molecule has 0 N–H and O–H groups in total. The highest BCUT2D eigenvalue weighted by molar-refractivity contribution is 6.11. The Kier molecular flexibility index (Phi) is 2.60. The fourth-order valence-corrected chi connectivity index (χ4v) is 2.99. The summed E-state index contributed by atoms with van der Waals surface area (Å²) in [5.74, 6) is 0.114. The van der Waals surface area contributed by atoms with Crippen LogP contribution in [0.3, 0.4) is 0 Å². The fraction of sp³-hybridized carbons (Fsp3) is 0.0556. The number of carbonyl (C=O) groups excluding carboxylic acids is 1. The molecule has 4 nitrogen and oxygen atoms in total. The van der Waals surface area contributed by atoms with Gasteiger partial charge in [-0.2, -0.15) is 0 Å². The van der Waals surface area contributed by atoms with Gasteiger partial charge in [0.1, 0.15) is 0 Å². The molecule has 0 unspecified atom stereocenters. The molecule has 1 aliphatic rings. The van der Waals surface area contributed by atoms with Gasteiger partial charge in [0.25, 0.3) is 5.69 Å². The van der Waals surface area contributed by atoms with Crippen molar-refractivity contribution in [1.29, 1.82) is 0 Å². The van der Waals surface area contributed by atoms with E-state index in [-0.39, 0.29) is 16.4 Å². The largest absolute Gasteiger partial charge is 0.294 e. The van der Waals surface area contributed by atoms with Crippen LogP contribution < -0.4 is 10.4 Å². The van der Waals surface area contributed by atoms with Gasteiger partial charge in [-0.3, -0.25) is 14.9 Å². The minimum absolute atomic E-state index is 0.0929. The number of Topliss-reactive ketones (excluding diaryl/α,β-unsaturated/α-hetero) is 1. The molecule has 0 aliphatic heterocycles. The number of nitrogens with zero attached hydrogens (tertiary/aromatic N) is 1. The molecule has 0 saturated carbocycles. The number of ketones is 1. The quantitative estimate of drug-likeness (QED) is 0.393. The zero-order chi connectivity index (χ0) is 15.3. The number of hydrogen-bond acceptors (Lipinski definition) is 3. The number of rotatable bonds is 1. The van der Waals surface area contributed by atoms with Gasteiger partial charge in [0.15, 0.2) is 5.78 Å². The summed E-state index contributed by atoms with van der Waals surface area (Å²) in [6.45, 7) is 0. The molecule has 0 heterocycles. The second-order valence-electron chi connectivity index (χ2n) is 5.45. The van der Waals surface area contributed by atoms with Crippen LogP contribution in [0.25, 0.3) is 33.7 Å². The molecule has 0 saturated heterocycles. The Morgan fingerprint density at radius 1 is 0.909 bits per heavy atom. The molecule has 0 atom stereocenters. The zero-order valence-corrected chi connectivity index (χ0v) is 11.6. The number of non-ortho nitro benzene ring substituents is 1. The molecular formula is C18H11NO3. The number of benzene rings is 3. The van der Waals surface area contributed by atoms with E-state index in [1.807, 2.05) is 24.3 Å². The lowest BCUT2D eigenvalue weighted by atomic mass is 9.97. The van der Waals surface area contributed by atoms with E-state index in [4.69, 9.17) is 0 Å². The molecule has 0 fully saturated rings. The van der Waals surface area contributed by atoms with E-state index < -0.39 is 0 Å². The summed E-state index contributed by atoms with van der Waals surface area (Å²) in [7, 11) is 0. The molecule has 0 bridgehead atoms. The molecule has 3 aromatic carbocycles. The maximum Gasteiger partial charge on any atom is 0.270 e. The monoisotopic (exact) mass is 289 g/mol. The second-order valence-corrected chi connectivity index (χ2v) is 5.45. The lowest BCUT2D eigenvalue weighted by Crippen LogP contribution is -2.28. The third kappa shape index (κ3) is 1.89. The molecule has 106 valence electrons. The highest BCUT2D eigenvalue weighted by atomic mass is 16.6. The van der Waals surface area contributed by atoms with Crippen LogP contribution in [0.4, 0.5) is 5.69 Å². The first-order valence-electron chi connectivity index (χ1n) is 6.97. The molecule has 22 heavy (non-hydrogen) atoms. The van der Waals surface area contributed by atoms with Crippen LogP contribution in [0.15, 0.2) is 42.5 Å². The van der Waals surface area contributed by atoms with E-state index in [1.165, 1.54) is 6.07 Å². The topological polar surface area (TPSA) is 60.2 Å². The number of carbonyl (C=O) groups is 1. The van der Waals surface area contributed by atoms with Gasteiger partial charge >= 0.3 is 0 Å². The van der Waals surface area contributed by atoms with Gasteiger partial charge in [0.05, 0.1) is 4.92 Å². The molecule has 1 aliphatic carbocycles. The van der Waals surface area contributed by atoms with Gasteiger partial charge in [-0.25, -0.2) is 0 Å². The van der Waals surface area contributed by atoms with Crippen molar-refractivity contribution in [2.45, 2.75) is 6.42 Å². The predicted octanol–water partition coefficient (Wildman–Crippen LogP) is 2.44. The van der Waals surface area contributed by atoms with E-state index in [0.717, 1.165) is 32.0 Å². The summed E-state index contributed by atoms with van der Waals surface area (Å²) >= 11 is 0. The summed E-state index contributed by atoms with van der Waals surface area (Å²) in [4.78, 5) is 22.0. The van der Waals surface area contributed by atoms with Crippen molar-refractivity contribution in [3.8, 4) is 0 Å². The van der Waals surface area contributed by atoms with Crippen molar-refractivity contribution >= 4 is 45.2 Å². The minimum atomic E-state index is -0.384. The Labute approximate surface area is 125 Å². The normalized spacial score (nSPS) is 13.5. The van der Waals surface area contributed by atoms with E-state index in [2.05, 4.69) is 6.07 Å². The molecule has 0 amide bonds. The van der Waals surface area contributed by atoms with Crippen LogP contribution in [-0.4, -0.2) is 10.7 Å². The van der Waals surface area contributed by atoms with E-state index in [0.29, 0.717) is 6.42 Å². The summed E-state index contributed by atoms with van der Waals surface area (Å²) < 4.78 is 0. The molecule has 0 radical (unpaired) electrons. The van der Waals surface area contributed by atoms with Gasteiger partial charge < -0.3 is 0 Å². The average molecular weight is 289 g/mol. The van der Waals surface area contributed by atoms with Crippen LogP contribution in [0.1, 0.15) is 6.42 Å². The maximum atomic E-state index is 11.5. The first-order valence-corrected chi connectivity index (χ1v) is 6.97. The van der Waals surface area contributed by atoms with E-state index >= 15 is 0 Å². The number of fused-ring (bicyclic) bond motifs is 4. The third-order valence-electron chi connectivity index (χ3n) is 4.07. The first kappa shape index (κ1) is 12.7. The minimum Gasteiger partial charge on any atom is -0.294 e. The molecular weight excluding hydrogens is 278 g/mol. The molecule has 3 aromatic rings. The summed E-state index contributed by atoms with van der Waals surface area (Å²) in [5.41, 5.74) is 0.0929.